The van der Waals surface area contributed by atoms with Crippen LogP contribution in [0.2, 0.25) is 0 Å². The molecule has 1 spiro atoms. The lowest BCUT2D eigenvalue weighted by Gasteiger charge is -2.47. The van der Waals surface area contributed by atoms with Crippen LogP contribution < -0.4 is 0 Å². The van der Waals surface area contributed by atoms with E-state index in [1.165, 1.54) is 0 Å². The molecule has 5 rings (SSSR count). The van der Waals surface area contributed by atoms with E-state index in [1.807, 2.05) is 17.1 Å². The summed E-state index contributed by atoms with van der Waals surface area (Å²) in [7, 11) is 0. The van der Waals surface area contributed by atoms with Gasteiger partial charge in [-0.3, -0.25) is 9.58 Å². The van der Waals surface area contributed by atoms with E-state index in [4.69, 9.17) is 4.74 Å². The van der Waals surface area contributed by atoms with Crippen molar-refractivity contribution in [3.8, 4) is 0 Å². The first kappa shape index (κ1) is 24.2. The molecule has 1 saturated heterocycles. The van der Waals surface area contributed by atoms with Gasteiger partial charge in [0, 0.05) is 47.9 Å². The number of nitrogens with zero attached hydrogens (tertiary/aromatic N) is 3. The highest BCUT2D eigenvalue weighted by Gasteiger charge is 2.48. The molecule has 6 nitrogen and oxygen atoms in total. The molecule has 1 aliphatic carbocycles. The van der Waals surface area contributed by atoms with E-state index in [1.54, 1.807) is 0 Å². The summed E-state index contributed by atoms with van der Waals surface area (Å²) in [5, 5.41) is 24.5. The third kappa shape index (κ3) is 4.43. The van der Waals surface area contributed by atoms with E-state index in [9.17, 15) is 23.4 Å². The fraction of sp³-hybridized carbons (Fsp3) is 0.708. The maximum Gasteiger partial charge on any atom is 0.425 e. The lowest BCUT2D eigenvalue weighted by Crippen LogP contribution is -2.50. The van der Waals surface area contributed by atoms with E-state index >= 15 is 0 Å². The van der Waals surface area contributed by atoms with Crippen molar-refractivity contribution in [2.45, 2.75) is 95.0 Å². The van der Waals surface area contributed by atoms with Crippen molar-refractivity contribution in [3.05, 3.63) is 38.8 Å². The van der Waals surface area contributed by atoms with Crippen molar-refractivity contribution >= 4 is 11.3 Å². The van der Waals surface area contributed by atoms with Crippen LogP contribution in [0.15, 0.2) is 12.4 Å². The first-order chi connectivity index (χ1) is 16.1. The average Bonchev–Trinajstić information content (AvgIpc) is 3.38. The number of thiophene rings is 1. The first-order valence-corrected chi connectivity index (χ1v) is 12.9. The summed E-state index contributed by atoms with van der Waals surface area (Å²) in [6.45, 7) is 3.99. The second-order valence-electron chi connectivity index (χ2n) is 10.2. The summed E-state index contributed by atoms with van der Waals surface area (Å²) in [6.07, 6.45) is 4.60. The number of rotatable bonds is 6. The number of hydrogen-bond acceptors (Lipinski definition) is 6. The number of alkyl halides is 3. The van der Waals surface area contributed by atoms with Crippen molar-refractivity contribution < 1.29 is 28.1 Å². The van der Waals surface area contributed by atoms with Gasteiger partial charge >= 0.3 is 6.18 Å². The van der Waals surface area contributed by atoms with Gasteiger partial charge in [-0.1, -0.05) is 0 Å². The molecular weight excluding hydrogens is 467 g/mol. The predicted octanol–water partition coefficient (Wildman–Crippen LogP) is 4.21. The van der Waals surface area contributed by atoms with Crippen molar-refractivity contribution in [1.29, 1.82) is 0 Å². The van der Waals surface area contributed by atoms with E-state index in [-0.39, 0.29) is 11.6 Å². The van der Waals surface area contributed by atoms with Crippen molar-refractivity contribution in [1.82, 2.24) is 14.7 Å². The van der Waals surface area contributed by atoms with Gasteiger partial charge in [-0.05, 0) is 57.4 Å². The minimum absolute atomic E-state index is 0.0317. The molecule has 0 unspecified atom stereocenters. The number of ether oxygens (including phenoxy) is 1. The topological polar surface area (TPSA) is 70.8 Å². The smallest absolute Gasteiger partial charge is 0.392 e. The highest BCUT2D eigenvalue weighted by atomic mass is 32.1. The van der Waals surface area contributed by atoms with E-state index in [2.05, 4.69) is 16.9 Å². The fourth-order valence-corrected chi connectivity index (χ4v) is 7.18. The average molecular weight is 500 g/mol. The number of aliphatic hydroxyl groups is 2. The van der Waals surface area contributed by atoms with E-state index in [0.717, 1.165) is 36.2 Å². The maximum atomic E-state index is 13.6. The van der Waals surface area contributed by atoms with Gasteiger partial charge in [0.1, 0.15) is 10.5 Å². The Labute approximate surface area is 201 Å². The molecule has 2 aliphatic heterocycles. The summed E-state index contributed by atoms with van der Waals surface area (Å²) in [6, 6.07) is 0.118. The summed E-state index contributed by atoms with van der Waals surface area (Å²) in [5.74, 6) is 0. The second-order valence-corrected chi connectivity index (χ2v) is 11.2. The van der Waals surface area contributed by atoms with Crippen LogP contribution in [0, 0.1) is 0 Å². The zero-order valence-corrected chi connectivity index (χ0v) is 20.2. The number of aromatic nitrogens is 2. The van der Waals surface area contributed by atoms with Crippen LogP contribution in [0.5, 0.6) is 0 Å². The van der Waals surface area contributed by atoms with Gasteiger partial charge in [0.25, 0.3) is 0 Å². The molecule has 0 radical (unpaired) electrons. The van der Waals surface area contributed by atoms with E-state index < -0.39 is 28.9 Å². The highest BCUT2D eigenvalue weighted by Crippen LogP contribution is 2.51. The Hall–Kier alpha value is -1.46. The van der Waals surface area contributed by atoms with Gasteiger partial charge in [0.2, 0.25) is 0 Å². The largest absolute Gasteiger partial charge is 0.425 e. The van der Waals surface area contributed by atoms with Crippen LogP contribution >= 0.6 is 11.3 Å². The molecule has 0 bridgehead atoms. The Morgan fingerprint density at radius 3 is 2.74 bits per heavy atom. The Morgan fingerprint density at radius 2 is 2.09 bits per heavy atom. The summed E-state index contributed by atoms with van der Waals surface area (Å²) < 4.78 is 49.0. The molecule has 4 heterocycles. The maximum absolute atomic E-state index is 13.6. The van der Waals surface area contributed by atoms with Crippen LogP contribution in [0.3, 0.4) is 0 Å². The SMILES string of the molecule is C[C@H]1C[C@@]2(CCN1Cc1cnn(CCC3(O)CCC3)c1)OCCc1c2sc(C(F)(F)F)c1CO. The minimum Gasteiger partial charge on any atom is -0.392 e. The standard InChI is InChI=1S/C24H32F3N3O3S/c1-16-11-23(20-18(3-10-33-23)19(15-31)21(34-20)24(25,26)27)7-8-29(16)13-17-12-28-30(14-17)9-6-22(32)4-2-5-22/h12,14,16,31-32H,2-11,13,15H2,1H3/t16-,23+/m0/s1. The van der Waals surface area contributed by atoms with Gasteiger partial charge in [-0.25, -0.2) is 0 Å². The Balaban J connectivity index is 1.27. The summed E-state index contributed by atoms with van der Waals surface area (Å²) in [4.78, 5) is 2.30. The molecule has 2 fully saturated rings. The van der Waals surface area contributed by atoms with Crippen LogP contribution in [0.25, 0.3) is 0 Å². The van der Waals surface area contributed by atoms with Crippen LogP contribution in [-0.2, 0) is 42.6 Å². The van der Waals surface area contributed by atoms with Crippen molar-refractivity contribution in [2.24, 2.45) is 0 Å². The molecular formula is C24H32F3N3O3S. The zero-order chi connectivity index (χ0) is 24.1. The Morgan fingerprint density at radius 1 is 1.29 bits per heavy atom. The first-order valence-electron chi connectivity index (χ1n) is 12.1. The summed E-state index contributed by atoms with van der Waals surface area (Å²) in [5.41, 5.74) is 0.519. The molecule has 2 aromatic rings. The summed E-state index contributed by atoms with van der Waals surface area (Å²) >= 11 is 0.761. The number of halogens is 3. The normalized spacial score (nSPS) is 27.1. The van der Waals surface area contributed by atoms with Crippen molar-refractivity contribution in [2.75, 3.05) is 13.2 Å². The fourth-order valence-electron chi connectivity index (χ4n) is 5.77. The number of hydrogen-bond donors (Lipinski definition) is 2. The number of fused-ring (bicyclic) bond motifs is 2. The number of piperidine rings is 1. The zero-order valence-electron chi connectivity index (χ0n) is 19.4. The molecule has 2 atom stereocenters. The molecule has 2 N–H and O–H groups in total. The lowest BCUT2D eigenvalue weighted by atomic mass is 9.78. The van der Waals surface area contributed by atoms with Crippen LogP contribution in [0.4, 0.5) is 13.2 Å². The third-order valence-corrected chi connectivity index (χ3v) is 9.40. The Kier molecular flexibility index (Phi) is 6.34. The predicted molar refractivity (Wildman–Crippen MR) is 121 cm³/mol. The molecule has 2 aromatic heterocycles. The quantitative estimate of drug-likeness (QED) is 0.623. The number of aliphatic hydroxyl groups excluding tert-OH is 1. The lowest BCUT2D eigenvalue weighted by molar-refractivity contribution is -0.135. The van der Waals surface area contributed by atoms with Crippen LogP contribution in [0.1, 0.15) is 71.9 Å². The van der Waals surface area contributed by atoms with E-state index in [0.29, 0.717) is 62.4 Å². The molecule has 0 aromatic carbocycles. The third-order valence-electron chi connectivity index (χ3n) is 7.89. The molecule has 0 amide bonds. The minimum atomic E-state index is -4.47. The van der Waals surface area contributed by atoms with Crippen molar-refractivity contribution in [3.63, 3.8) is 0 Å². The Bertz CT molecular complexity index is 1030. The van der Waals surface area contributed by atoms with Gasteiger partial charge in [-0.15, -0.1) is 11.3 Å². The number of likely N-dealkylation sites (tertiary alicyclic amines) is 1. The van der Waals surface area contributed by atoms with Gasteiger partial charge < -0.3 is 14.9 Å². The van der Waals surface area contributed by atoms with Crippen LogP contribution in [-0.4, -0.2) is 49.7 Å². The van der Waals surface area contributed by atoms with Gasteiger partial charge in [0.15, 0.2) is 0 Å². The highest BCUT2D eigenvalue weighted by molar-refractivity contribution is 7.12. The van der Waals surface area contributed by atoms with Gasteiger partial charge in [0.05, 0.1) is 25.0 Å². The molecule has 34 heavy (non-hydrogen) atoms. The monoisotopic (exact) mass is 499 g/mol. The molecule has 1 saturated carbocycles. The van der Waals surface area contributed by atoms with Gasteiger partial charge in [-0.2, -0.15) is 18.3 Å². The molecule has 10 heteroatoms. The number of aryl methyl sites for hydroxylation is 1. The molecule has 188 valence electrons. The molecule has 3 aliphatic rings. The second kappa shape index (κ2) is 8.89.